The summed E-state index contributed by atoms with van der Waals surface area (Å²) in [5.41, 5.74) is 2.72. The number of carbonyl (C=O) groups excluding carboxylic acids is 1. The quantitative estimate of drug-likeness (QED) is 0.539. The minimum absolute atomic E-state index is 0.00255. The summed E-state index contributed by atoms with van der Waals surface area (Å²) in [6.07, 6.45) is 1.84. The Morgan fingerprint density at radius 1 is 1.09 bits per heavy atom. The van der Waals surface area contributed by atoms with Gasteiger partial charge < -0.3 is 4.57 Å². The summed E-state index contributed by atoms with van der Waals surface area (Å²) in [5.74, 6) is -0.608. The van der Waals surface area contributed by atoms with Crippen molar-refractivity contribution in [3.8, 4) is 0 Å². The molecule has 1 aromatic heterocycles. The largest absolute Gasteiger partial charge is 0.328 e. The lowest BCUT2D eigenvalue weighted by Gasteiger charge is -2.21. The van der Waals surface area contributed by atoms with Crippen LogP contribution in [0.1, 0.15) is 35.3 Å². The van der Waals surface area contributed by atoms with Gasteiger partial charge in [-0.3, -0.25) is 4.79 Å². The zero-order chi connectivity index (χ0) is 23.5. The van der Waals surface area contributed by atoms with E-state index in [2.05, 4.69) is 4.99 Å². The molecule has 32 heavy (non-hydrogen) atoms. The van der Waals surface area contributed by atoms with Crippen molar-refractivity contribution in [1.82, 2.24) is 8.87 Å². The predicted molar refractivity (Wildman–Crippen MR) is 126 cm³/mol. The number of hydrogen-bond acceptors (Lipinski definition) is 3. The van der Waals surface area contributed by atoms with E-state index in [1.807, 2.05) is 48.0 Å². The Hall–Kier alpha value is -2.74. The standard InChI is InChI=1S/C24H26ClN3O3S/c1-17(2)27(4)32(30,31)20-12-13-22(25)21(15-20)24(29)26-23-7-5-6-14-28(23)16-19-10-8-18(3)9-11-19/h5-15,17H,16H2,1-4H3. The first-order valence-corrected chi connectivity index (χ1v) is 12.0. The number of nitrogens with zero attached hydrogens (tertiary/aromatic N) is 3. The van der Waals surface area contributed by atoms with Crippen molar-refractivity contribution in [3.63, 3.8) is 0 Å². The Morgan fingerprint density at radius 2 is 1.78 bits per heavy atom. The fraction of sp³-hybridized carbons (Fsp3) is 0.250. The Balaban J connectivity index is 2.00. The van der Waals surface area contributed by atoms with Crippen LogP contribution in [0.15, 0.2) is 76.7 Å². The second-order valence-corrected chi connectivity index (χ2v) is 10.3. The number of amides is 1. The van der Waals surface area contributed by atoms with Gasteiger partial charge in [0.15, 0.2) is 0 Å². The third-order valence-corrected chi connectivity index (χ3v) is 7.54. The van der Waals surface area contributed by atoms with Gasteiger partial charge in [0.05, 0.1) is 15.5 Å². The van der Waals surface area contributed by atoms with Crippen LogP contribution in [0.5, 0.6) is 0 Å². The highest BCUT2D eigenvalue weighted by atomic mass is 35.5. The molecule has 0 aliphatic rings. The number of benzene rings is 2. The molecular formula is C24H26ClN3O3S. The molecule has 6 nitrogen and oxygen atoms in total. The second kappa shape index (κ2) is 9.81. The summed E-state index contributed by atoms with van der Waals surface area (Å²) in [4.78, 5) is 17.2. The summed E-state index contributed by atoms with van der Waals surface area (Å²) < 4.78 is 28.8. The van der Waals surface area contributed by atoms with Gasteiger partial charge in [-0.15, -0.1) is 0 Å². The number of aromatic nitrogens is 1. The zero-order valence-electron chi connectivity index (χ0n) is 18.5. The van der Waals surface area contributed by atoms with Gasteiger partial charge >= 0.3 is 0 Å². The molecule has 8 heteroatoms. The molecule has 0 radical (unpaired) electrons. The maximum absolute atomic E-state index is 13.0. The Morgan fingerprint density at radius 3 is 2.44 bits per heavy atom. The highest BCUT2D eigenvalue weighted by molar-refractivity contribution is 7.89. The van der Waals surface area contributed by atoms with Crippen LogP contribution in [-0.2, 0) is 16.6 Å². The highest BCUT2D eigenvalue weighted by Crippen LogP contribution is 2.24. The van der Waals surface area contributed by atoms with Crippen molar-refractivity contribution >= 4 is 27.5 Å². The molecule has 0 aliphatic carbocycles. The number of halogens is 1. The number of pyridine rings is 1. The number of sulfonamides is 1. The maximum atomic E-state index is 13.0. The second-order valence-electron chi connectivity index (χ2n) is 7.85. The molecular weight excluding hydrogens is 446 g/mol. The molecule has 1 heterocycles. The summed E-state index contributed by atoms with van der Waals surface area (Å²) in [6, 6.07) is 17.4. The van der Waals surface area contributed by atoms with Gasteiger partial charge in [-0.2, -0.15) is 9.30 Å². The minimum atomic E-state index is -3.76. The maximum Gasteiger partial charge on any atom is 0.280 e. The molecule has 0 bridgehead atoms. The molecule has 0 fully saturated rings. The fourth-order valence-electron chi connectivity index (χ4n) is 3.03. The first kappa shape index (κ1) is 23.9. The van der Waals surface area contributed by atoms with Crippen LogP contribution in [-0.4, -0.2) is 36.3 Å². The molecule has 0 saturated carbocycles. The minimum Gasteiger partial charge on any atom is -0.328 e. The third kappa shape index (κ3) is 5.35. The molecule has 0 N–H and O–H groups in total. The first-order valence-electron chi connectivity index (χ1n) is 10.2. The molecule has 2 aromatic carbocycles. The summed E-state index contributed by atoms with van der Waals surface area (Å²) in [7, 11) is -2.26. The Kier molecular flexibility index (Phi) is 7.33. The van der Waals surface area contributed by atoms with Gasteiger partial charge in [0.25, 0.3) is 5.91 Å². The molecule has 1 amide bonds. The average molecular weight is 472 g/mol. The predicted octanol–water partition coefficient (Wildman–Crippen LogP) is 4.27. The van der Waals surface area contributed by atoms with E-state index in [1.165, 1.54) is 35.1 Å². The van der Waals surface area contributed by atoms with Crippen molar-refractivity contribution in [2.45, 2.75) is 38.3 Å². The topological polar surface area (TPSA) is 71.7 Å². The molecule has 0 aliphatic heterocycles. The van der Waals surface area contributed by atoms with E-state index in [4.69, 9.17) is 11.6 Å². The smallest absolute Gasteiger partial charge is 0.280 e. The third-order valence-electron chi connectivity index (χ3n) is 5.18. The lowest BCUT2D eigenvalue weighted by molar-refractivity contribution is 0.0997. The normalized spacial score (nSPS) is 12.5. The Bertz CT molecular complexity index is 1300. The van der Waals surface area contributed by atoms with Gasteiger partial charge in [-0.1, -0.05) is 47.5 Å². The zero-order valence-corrected chi connectivity index (χ0v) is 20.1. The van der Waals surface area contributed by atoms with Crippen molar-refractivity contribution in [2.75, 3.05) is 7.05 Å². The summed E-state index contributed by atoms with van der Waals surface area (Å²) in [5, 5.41) is 0.144. The SMILES string of the molecule is Cc1ccc(Cn2ccccc2=NC(=O)c2cc(S(=O)(=O)N(C)C(C)C)ccc2Cl)cc1. The number of carbonyl (C=O) groups is 1. The van der Waals surface area contributed by atoms with Crippen LogP contribution < -0.4 is 5.49 Å². The molecule has 0 atom stereocenters. The summed E-state index contributed by atoms with van der Waals surface area (Å²) >= 11 is 6.24. The fourth-order valence-corrected chi connectivity index (χ4v) is 4.62. The van der Waals surface area contributed by atoms with Crippen LogP contribution in [0.4, 0.5) is 0 Å². The van der Waals surface area contributed by atoms with Gasteiger partial charge in [-0.05, 0) is 56.7 Å². The van der Waals surface area contributed by atoms with Crippen molar-refractivity contribution < 1.29 is 13.2 Å². The van der Waals surface area contributed by atoms with Gasteiger partial charge in [0, 0.05) is 25.8 Å². The van der Waals surface area contributed by atoms with Gasteiger partial charge in [0.2, 0.25) is 10.0 Å². The molecule has 0 spiro atoms. The van der Waals surface area contributed by atoms with Crippen LogP contribution in [0.25, 0.3) is 0 Å². The first-order chi connectivity index (χ1) is 15.1. The molecule has 0 saturated heterocycles. The Labute approximate surface area is 193 Å². The number of aryl methyl sites for hydroxylation is 1. The van der Waals surface area contributed by atoms with E-state index in [0.717, 1.165) is 5.56 Å². The summed E-state index contributed by atoms with van der Waals surface area (Å²) in [6.45, 7) is 6.11. The van der Waals surface area contributed by atoms with Gasteiger partial charge in [0.1, 0.15) is 5.49 Å². The lowest BCUT2D eigenvalue weighted by Crippen LogP contribution is -2.33. The van der Waals surface area contributed by atoms with Crippen LogP contribution in [0.3, 0.4) is 0 Å². The average Bonchev–Trinajstić information content (AvgIpc) is 2.76. The molecule has 3 aromatic rings. The molecule has 0 unspecified atom stereocenters. The van der Waals surface area contributed by atoms with Crippen LogP contribution in [0, 0.1) is 6.92 Å². The van der Waals surface area contributed by atoms with E-state index >= 15 is 0 Å². The van der Waals surface area contributed by atoms with Crippen LogP contribution in [0.2, 0.25) is 5.02 Å². The lowest BCUT2D eigenvalue weighted by atomic mass is 10.1. The molecule has 3 rings (SSSR count). The van der Waals surface area contributed by atoms with Crippen LogP contribution >= 0.6 is 11.6 Å². The van der Waals surface area contributed by atoms with Crippen molar-refractivity contribution in [1.29, 1.82) is 0 Å². The number of rotatable bonds is 6. The highest BCUT2D eigenvalue weighted by Gasteiger charge is 2.25. The number of hydrogen-bond donors (Lipinski definition) is 0. The van der Waals surface area contributed by atoms with E-state index in [1.54, 1.807) is 26.0 Å². The van der Waals surface area contributed by atoms with E-state index in [-0.39, 0.29) is 21.5 Å². The molecule has 168 valence electrons. The van der Waals surface area contributed by atoms with E-state index in [0.29, 0.717) is 12.0 Å². The monoisotopic (exact) mass is 471 g/mol. The van der Waals surface area contributed by atoms with Gasteiger partial charge in [-0.25, -0.2) is 8.42 Å². The van der Waals surface area contributed by atoms with E-state index in [9.17, 15) is 13.2 Å². The van der Waals surface area contributed by atoms with Crippen molar-refractivity contribution in [3.05, 3.63) is 94.1 Å². The van der Waals surface area contributed by atoms with Crippen molar-refractivity contribution in [2.24, 2.45) is 4.99 Å². The van der Waals surface area contributed by atoms with E-state index < -0.39 is 15.9 Å².